The van der Waals surface area contributed by atoms with Crippen LogP contribution < -0.4 is 0 Å². The van der Waals surface area contributed by atoms with Gasteiger partial charge < -0.3 is 19.5 Å². The van der Waals surface area contributed by atoms with Gasteiger partial charge in [-0.2, -0.15) is 0 Å². The van der Waals surface area contributed by atoms with Gasteiger partial charge in [0, 0.05) is 25.5 Å². The van der Waals surface area contributed by atoms with E-state index >= 15 is 0 Å². The molecule has 0 bridgehead atoms. The summed E-state index contributed by atoms with van der Waals surface area (Å²) in [5.74, 6) is -0.278. The SMILES string of the molecule is COC(=O)c1ccc(CCCCCCCO)n1CCCCCCO. The van der Waals surface area contributed by atoms with Crippen molar-refractivity contribution >= 4 is 5.97 Å². The van der Waals surface area contributed by atoms with Gasteiger partial charge in [-0.3, -0.25) is 0 Å². The maximum absolute atomic E-state index is 11.9. The van der Waals surface area contributed by atoms with E-state index in [4.69, 9.17) is 14.9 Å². The maximum atomic E-state index is 11.9. The minimum atomic E-state index is -0.278. The van der Waals surface area contributed by atoms with Crippen LogP contribution in [0, 0.1) is 0 Å². The number of hydrogen-bond acceptors (Lipinski definition) is 4. The van der Waals surface area contributed by atoms with E-state index in [-0.39, 0.29) is 19.2 Å². The van der Waals surface area contributed by atoms with Crippen LogP contribution in [0.15, 0.2) is 12.1 Å². The van der Waals surface area contributed by atoms with E-state index in [1.165, 1.54) is 12.8 Å². The molecule has 1 aromatic rings. The smallest absolute Gasteiger partial charge is 0.354 e. The molecule has 0 spiro atoms. The Balaban J connectivity index is 2.52. The lowest BCUT2D eigenvalue weighted by atomic mass is 10.1. The van der Waals surface area contributed by atoms with E-state index in [2.05, 4.69) is 4.57 Å². The van der Waals surface area contributed by atoms with E-state index in [1.807, 2.05) is 12.1 Å². The number of aliphatic hydroxyl groups excluding tert-OH is 2. The topological polar surface area (TPSA) is 71.7 Å². The first-order valence-corrected chi connectivity index (χ1v) is 9.23. The van der Waals surface area contributed by atoms with Gasteiger partial charge in [0.15, 0.2) is 0 Å². The predicted octanol–water partition coefficient (Wildman–Crippen LogP) is 3.31. The average Bonchev–Trinajstić information content (AvgIpc) is 3.00. The van der Waals surface area contributed by atoms with Crippen molar-refractivity contribution in [1.29, 1.82) is 0 Å². The van der Waals surface area contributed by atoms with Gasteiger partial charge in [0.25, 0.3) is 0 Å². The summed E-state index contributed by atoms with van der Waals surface area (Å²) < 4.78 is 6.98. The molecule has 0 amide bonds. The monoisotopic (exact) mass is 339 g/mol. The number of nitrogens with zero attached hydrogens (tertiary/aromatic N) is 1. The molecule has 0 aliphatic carbocycles. The highest BCUT2D eigenvalue weighted by molar-refractivity contribution is 5.87. The first-order chi connectivity index (χ1) is 11.7. The number of methoxy groups -OCH3 is 1. The van der Waals surface area contributed by atoms with Crippen molar-refractivity contribution in [3.8, 4) is 0 Å². The Labute approximate surface area is 145 Å². The molecule has 0 unspecified atom stereocenters. The summed E-state index contributed by atoms with van der Waals surface area (Å²) in [7, 11) is 1.42. The van der Waals surface area contributed by atoms with Crippen LogP contribution in [0.1, 0.15) is 74.0 Å². The van der Waals surface area contributed by atoms with Crippen molar-refractivity contribution in [3.63, 3.8) is 0 Å². The Morgan fingerprint density at radius 3 is 2.12 bits per heavy atom. The summed E-state index contributed by atoms with van der Waals surface area (Å²) >= 11 is 0. The standard InChI is InChI=1S/C19H33NO4/c1-24-19(23)18-13-12-17(11-7-3-2-5-9-15-21)20(18)14-8-4-6-10-16-22/h12-13,21-22H,2-11,14-16H2,1H3. The summed E-state index contributed by atoms with van der Waals surface area (Å²) in [5.41, 5.74) is 1.83. The molecule has 0 aliphatic rings. The third kappa shape index (κ3) is 7.49. The summed E-state index contributed by atoms with van der Waals surface area (Å²) in [6.07, 6.45) is 10.2. The Bertz CT molecular complexity index is 456. The van der Waals surface area contributed by atoms with E-state index < -0.39 is 0 Å². The fourth-order valence-electron chi connectivity index (χ4n) is 2.96. The minimum absolute atomic E-state index is 0.248. The molecule has 0 fully saturated rings. The second-order valence-electron chi connectivity index (χ2n) is 6.23. The normalized spacial score (nSPS) is 11.0. The first kappa shape index (κ1) is 20.7. The minimum Gasteiger partial charge on any atom is -0.464 e. The highest BCUT2D eigenvalue weighted by atomic mass is 16.5. The molecule has 24 heavy (non-hydrogen) atoms. The number of carbonyl (C=O) groups is 1. The van der Waals surface area contributed by atoms with Crippen LogP contribution in [-0.2, 0) is 17.7 Å². The molecule has 138 valence electrons. The zero-order valence-corrected chi connectivity index (χ0v) is 15.0. The number of aromatic nitrogens is 1. The molecule has 0 saturated carbocycles. The van der Waals surface area contributed by atoms with Gasteiger partial charge in [-0.1, -0.05) is 32.1 Å². The lowest BCUT2D eigenvalue weighted by molar-refractivity contribution is 0.0587. The van der Waals surface area contributed by atoms with E-state index in [1.54, 1.807) is 0 Å². The van der Waals surface area contributed by atoms with Crippen molar-refractivity contribution < 1.29 is 19.7 Å². The third-order valence-corrected chi connectivity index (χ3v) is 4.35. The zero-order valence-electron chi connectivity index (χ0n) is 15.0. The fourth-order valence-corrected chi connectivity index (χ4v) is 2.96. The van der Waals surface area contributed by atoms with Crippen LogP contribution in [-0.4, -0.2) is 41.1 Å². The lowest BCUT2D eigenvalue weighted by Crippen LogP contribution is -2.13. The molecule has 5 nitrogen and oxygen atoms in total. The number of aryl methyl sites for hydroxylation is 1. The molecule has 0 aromatic carbocycles. The first-order valence-electron chi connectivity index (χ1n) is 9.23. The van der Waals surface area contributed by atoms with Crippen LogP contribution in [0.5, 0.6) is 0 Å². The van der Waals surface area contributed by atoms with Crippen molar-refractivity contribution in [1.82, 2.24) is 4.57 Å². The van der Waals surface area contributed by atoms with Gasteiger partial charge in [-0.25, -0.2) is 4.79 Å². The zero-order chi connectivity index (χ0) is 17.6. The quantitative estimate of drug-likeness (QED) is 0.403. The van der Waals surface area contributed by atoms with Gasteiger partial charge in [-0.15, -0.1) is 0 Å². The summed E-state index contributed by atoms with van der Waals surface area (Å²) in [6.45, 7) is 1.35. The number of hydrogen-bond donors (Lipinski definition) is 2. The molecule has 0 saturated heterocycles. The largest absolute Gasteiger partial charge is 0.464 e. The molecular weight excluding hydrogens is 306 g/mol. The van der Waals surface area contributed by atoms with Crippen LogP contribution >= 0.6 is 0 Å². The van der Waals surface area contributed by atoms with Crippen LogP contribution in [0.25, 0.3) is 0 Å². The van der Waals surface area contributed by atoms with Crippen molar-refractivity contribution in [2.75, 3.05) is 20.3 Å². The van der Waals surface area contributed by atoms with Crippen molar-refractivity contribution in [3.05, 3.63) is 23.5 Å². The molecule has 0 aliphatic heterocycles. The number of esters is 1. The number of rotatable bonds is 14. The van der Waals surface area contributed by atoms with Gasteiger partial charge in [0.1, 0.15) is 5.69 Å². The number of unbranched alkanes of at least 4 members (excludes halogenated alkanes) is 7. The van der Waals surface area contributed by atoms with E-state index in [0.29, 0.717) is 5.69 Å². The summed E-state index contributed by atoms with van der Waals surface area (Å²) in [4.78, 5) is 11.9. The van der Waals surface area contributed by atoms with Crippen molar-refractivity contribution in [2.24, 2.45) is 0 Å². The molecule has 0 radical (unpaired) electrons. The average molecular weight is 339 g/mol. The Hall–Kier alpha value is -1.33. The van der Waals surface area contributed by atoms with Gasteiger partial charge in [-0.05, 0) is 44.2 Å². The number of aliphatic hydroxyl groups is 2. The number of ether oxygens (including phenoxy) is 1. The van der Waals surface area contributed by atoms with Crippen LogP contribution in [0.3, 0.4) is 0 Å². The van der Waals surface area contributed by atoms with Crippen LogP contribution in [0.2, 0.25) is 0 Å². The van der Waals surface area contributed by atoms with Crippen LogP contribution in [0.4, 0.5) is 0 Å². The van der Waals surface area contributed by atoms with E-state index in [9.17, 15) is 4.79 Å². The molecular formula is C19H33NO4. The van der Waals surface area contributed by atoms with Gasteiger partial charge in [0.05, 0.1) is 7.11 Å². The predicted molar refractivity (Wildman–Crippen MR) is 95.2 cm³/mol. The highest BCUT2D eigenvalue weighted by Crippen LogP contribution is 2.16. The molecule has 2 N–H and O–H groups in total. The molecule has 1 heterocycles. The molecule has 1 rings (SSSR count). The molecule has 1 aromatic heterocycles. The fraction of sp³-hybridized carbons (Fsp3) is 0.737. The van der Waals surface area contributed by atoms with Gasteiger partial charge in [0.2, 0.25) is 0 Å². The Kier molecular flexibility index (Phi) is 11.2. The molecule has 0 atom stereocenters. The lowest BCUT2D eigenvalue weighted by Gasteiger charge is -2.12. The Morgan fingerprint density at radius 2 is 1.50 bits per heavy atom. The van der Waals surface area contributed by atoms with E-state index in [0.717, 1.165) is 70.8 Å². The maximum Gasteiger partial charge on any atom is 0.354 e. The second kappa shape index (κ2) is 13.0. The number of carbonyl (C=O) groups excluding carboxylic acids is 1. The highest BCUT2D eigenvalue weighted by Gasteiger charge is 2.14. The summed E-state index contributed by atoms with van der Waals surface area (Å²) in [5, 5.41) is 17.6. The van der Waals surface area contributed by atoms with Gasteiger partial charge >= 0.3 is 5.97 Å². The second-order valence-corrected chi connectivity index (χ2v) is 6.23. The molecule has 5 heteroatoms. The Morgan fingerprint density at radius 1 is 0.917 bits per heavy atom. The summed E-state index contributed by atoms with van der Waals surface area (Å²) in [6, 6.07) is 3.90. The van der Waals surface area contributed by atoms with Crippen molar-refractivity contribution in [2.45, 2.75) is 70.8 Å². The third-order valence-electron chi connectivity index (χ3n) is 4.35.